The highest BCUT2D eigenvalue weighted by Gasteiger charge is 2.23. The number of halogens is 2. The molecular weight excluding hydrogens is 358 g/mol. The number of rotatable bonds is 6. The largest absolute Gasteiger partial charge is 0.433 e. The molecule has 1 heterocycles. The number of alkyl halides is 2. The average Bonchev–Trinajstić information content (AvgIpc) is 2.91. The Kier molecular flexibility index (Phi) is 5.46. The van der Waals surface area contributed by atoms with E-state index in [-0.39, 0.29) is 11.2 Å². The van der Waals surface area contributed by atoms with Crippen LogP contribution in [0.25, 0.3) is 11.0 Å². The van der Waals surface area contributed by atoms with Gasteiger partial charge in [0.1, 0.15) is 11.6 Å². The minimum atomic E-state index is -3.17. The van der Waals surface area contributed by atoms with Crippen molar-refractivity contribution in [3.63, 3.8) is 0 Å². The molecule has 0 saturated heterocycles. The van der Waals surface area contributed by atoms with Gasteiger partial charge in [-0.3, -0.25) is 0 Å². The molecule has 0 saturated carbocycles. The molecular formula is C23H28F2N2O. The highest BCUT2D eigenvalue weighted by atomic mass is 19.3. The van der Waals surface area contributed by atoms with Gasteiger partial charge in [-0.2, -0.15) is 8.78 Å². The maximum Gasteiger partial charge on any atom is 0.394 e. The lowest BCUT2D eigenvalue weighted by Gasteiger charge is -2.21. The van der Waals surface area contributed by atoms with Gasteiger partial charge in [-0.05, 0) is 47.2 Å². The van der Waals surface area contributed by atoms with Gasteiger partial charge in [-0.15, -0.1) is 0 Å². The van der Waals surface area contributed by atoms with Crippen LogP contribution < -0.4 is 4.74 Å². The van der Waals surface area contributed by atoms with Crippen LogP contribution in [0.1, 0.15) is 51.6 Å². The molecule has 0 unspecified atom stereocenters. The van der Waals surface area contributed by atoms with Gasteiger partial charge < -0.3 is 9.30 Å². The lowest BCUT2D eigenvalue weighted by atomic mass is 9.96. The molecule has 1 aromatic heterocycles. The number of fused-ring (bicyclic) bond motifs is 1. The molecule has 3 aromatic rings. The van der Waals surface area contributed by atoms with E-state index in [4.69, 9.17) is 4.98 Å². The van der Waals surface area contributed by atoms with E-state index in [1.54, 1.807) is 12.1 Å². The predicted molar refractivity (Wildman–Crippen MR) is 109 cm³/mol. The number of hydrogen-bond donors (Lipinski definition) is 0. The standard InChI is InChI=1S/C23H28F2N2O/c1-6-21-26-19-12-9-17(14-20(19)27(21)15-22(2,3)4)13-16-7-10-18(11-8-16)28-23(5,24)25/h7-12,14H,6,13,15H2,1-5H3. The Morgan fingerprint density at radius 3 is 2.18 bits per heavy atom. The van der Waals surface area contributed by atoms with Crippen molar-refractivity contribution in [2.45, 2.75) is 60.1 Å². The number of ether oxygens (including phenoxy) is 1. The summed E-state index contributed by atoms with van der Waals surface area (Å²) in [6.07, 6.45) is -1.56. The first-order chi connectivity index (χ1) is 13.0. The van der Waals surface area contributed by atoms with E-state index in [2.05, 4.69) is 55.2 Å². The molecule has 0 spiro atoms. The van der Waals surface area contributed by atoms with E-state index in [1.807, 2.05) is 12.1 Å². The molecule has 3 rings (SSSR count). The van der Waals surface area contributed by atoms with Gasteiger partial charge in [-0.1, -0.05) is 45.9 Å². The summed E-state index contributed by atoms with van der Waals surface area (Å²) in [5, 5.41) is 0. The van der Waals surface area contributed by atoms with Crippen LogP contribution in [0.4, 0.5) is 8.78 Å². The molecule has 0 fully saturated rings. The topological polar surface area (TPSA) is 27.1 Å². The minimum Gasteiger partial charge on any atom is -0.433 e. The second-order valence-electron chi connectivity index (χ2n) is 8.58. The Balaban J connectivity index is 1.86. The number of aryl methyl sites for hydroxylation is 1. The van der Waals surface area contributed by atoms with Gasteiger partial charge in [0.05, 0.1) is 11.0 Å². The summed E-state index contributed by atoms with van der Waals surface area (Å²) in [6, 6.07) is 13.2. The summed E-state index contributed by atoms with van der Waals surface area (Å²) in [4.78, 5) is 4.78. The van der Waals surface area contributed by atoms with Gasteiger partial charge in [-0.25, -0.2) is 4.98 Å². The van der Waals surface area contributed by atoms with Crippen LogP contribution >= 0.6 is 0 Å². The molecule has 28 heavy (non-hydrogen) atoms. The van der Waals surface area contributed by atoms with Crippen LogP contribution in [-0.2, 0) is 19.4 Å². The fourth-order valence-corrected chi connectivity index (χ4v) is 3.37. The molecule has 0 aliphatic rings. The Labute approximate surface area is 165 Å². The minimum absolute atomic E-state index is 0.157. The zero-order valence-electron chi connectivity index (χ0n) is 17.2. The van der Waals surface area contributed by atoms with Crippen molar-refractivity contribution in [2.24, 2.45) is 5.41 Å². The van der Waals surface area contributed by atoms with Crippen LogP contribution in [-0.4, -0.2) is 15.7 Å². The Bertz CT molecular complexity index is 948. The lowest BCUT2D eigenvalue weighted by molar-refractivity contribution is -0.158. The maximum absolute atomic E-state index is 13.0. The van der Waals surface area contributed by atoms with Crippen LogP contribution in [0.5, 0.6) is 5.75 Å². The van der Waals surface area contributed by atoms with Crippen LogP contribution in [0.2, 0.25) is 0 Å². The van der Waals surface area contributed by atoms with Gasteiger partial charge in [0, 0.05) is 19.9 Å². The Morgan fingerprint density at radius 2 is 1.61 bits per heavy atom. The molecule has 0 N–H and O–H groups in total. The zero-order chi connectivity index (χ0) is 20.5. The first-order valence-corrected chi connectivity index (χ1v) is 9.68. The van der Waals surface area contributed by atoms with Crippen molar-refractivity contribution in [3.05, 3.63) is 59.4 Å². The van der Waals surface area contributed by atoms with Crippen molar-refractivity contribution in [2.75, 3.05) is 0 Å². The third-order valence-corrected chi connectivity index (χ3v) is 4.47. The number of hydrogen-bond acceptors (Lipinski definition) is 2. The van der Waals surface area contributed by atoms with E-state index >= 15 is 0 Å². The quantitative estimate of drug-likeness (QED) is 0.502. The van der Waals surface area contributed by atoms with Crippen molar-refractivity contribution >= 4 is 11.0 Å². The fraction of sp³-hybridized carbons (Fsp3) is 0.435. The van der Waals surface area contributed by atoms with Crippen molar-refractivity contribution < 1.29 is 13.5 Å². The summed E-state index contributed by atoms with van der Waals surface area (Å²) < 4.78 is 32.8. The first-order valence-electron chi connectivity index (χ1n) is 9.68. The van der Waals surface area contributed by atoms with Gasteiger partial charge in [0.15, 0.2) is 0 Å². The van der Waals surface area contributed by atoms with Crippen molar-refractivity contribution in [1.82, 2.24) is 9.55 Å². The monoisotopic (exact) mass is 386 g/mol. The maximum atomic E-state index is 13.0. The fourth-order valence-electron chi connectivity index (χ4n) is 3.37. The summed E-state index contributed by atoms with van der Waals surface area (Å²) in [5.74, 6) is 1.27. The second kappa shape index (κ2) is 7.53. The molecule has 0 aliphatic heterocycles. The Morgan fingerprint density at radius 1 is 0.964 bits per heavy atom. The normalized spacial score (nSPS) is 12.5. The van der Waals surface area contributed by atoms with Crippen molar-refractivity contribution in [1.29, 1.82) is 0 Å². The van der Waals surface area contributed by atoms with Crippen molar-refractivity contribution in [3.8, 4) is 5.75 Å². The summed E-state index contributed by atoms with van der Waals surface area (Å²) in [6.45, 7) is 10.5. The SMILES string of the molecule is CCc1nc2ccc(Cc3ccc(OC(C)(F)F)cc3)cc2n1CC(C)(C)C. The molecule has 2 aromatic carbocycles. The average molecular weight is 386 g/mol. The predicted octanol–water partition coefficient (Wildman–Crippen LogP) is 6.23. The van der Waals surface area contributed by atoms with Crippen LogP contribution in [0, 0.1) is 5.41 Å². The third-order valence-electron chi connectivity index (χ3n) is 4.47. The number of imidazole rings is 1. The van der Waals surface area contributed by atoms with Crippen LogP contribution in [0.15, 0.2) is 42.5 Å². The molecule has 0 atom stereocenters. The first kappa shape index (κ1) is 20.3. The molecule has 0 bridgehead atoms. The van der Waals surface area contributed by atoms with E-state index in [9.17, 15) is 8.78 Å². The molecule has 0 aliphatic carbocycles. The van der Waals surface area contributed by atoms with Gasteiger partial charge >= 0.3 is 6.11 Å². The molecule has 5 heteroatoms. The van der Waals surface area contributed by atoms with E-state index in [0.717, 1.165) is 48.7 Å². The molecule has 0 radical (unpaired) electrons. The molecule has 3 nitrogen and oxygen atoms in total. The zero-order valence-corrected chi connectivity index (χ0v) is 17.2. The number of benzene rings is 2. The summed E-state index contributed by atoms with van der Waals surface area (Å²) in [5.41, 5.74) is 4.53. The smallest absolute Gasteiger partial charge is 0.394 e. The molecule has 150 valence electrons. The highest BCUT2D eigenvalue weighted by molar-refractivity contribution is 5.77. The lowest BCUT2D eigenvalue weighted by Crippen LogP contribution is -2.18. The third kappa shape index (κ3) is 5.09. The number of aromatic nitrogens is 2. The highest BCUT2D eigenvalue weighted by Crippen LogP contribution is 2.26. The van der Waals surface area contributed by atoms with Gasteiger partial charge in [0.2, 0.25) is 0 Å². The summed E-state index contributed by atoms with van der Waals surface area (Å²) >= 11 is 0. The van der Waals surface area contributed by atoms with E-state index in [1.165, 1.54) is 5.56 Å². The molecule has 0 amide bonds. The second-order valence-corrected chi connectivity index (χ2v) is 8.58. The number of nitrogens with zero attached hydrogens (tertiary/aromatic N) is 2. The van der Waals surface area contributed by atoms with Crippen LogP contribution in [0.3, 0.4) is 0 Å². The Hall–Kier alpha value is -2.43. The van der Waals surface area contributed by atoms with E-state index in [0.29, 0.717) is 0 Å². The van der Waals surface area contributed by atoms with Gasteiger partial charge in [0.25, 0.3) is 0 Å². The summed E-state index contributed by atoms with van der Waals surface area (Å²) in [7, 11) is 0. The van der Waals surface area contributed by atoms with E-state index < -0.39 is 6.11 Å².